The van der Waals surface area contributed by atoms with Crippen molar-refractivity contribution in [2.24, 2.45) is 0 Å². The Bertz CT molecular complexity index is 2300. The van der Waals surface area contributed by atoms with Crippen LogP contribution in [0.3, 0.4) is 0 Å². The van der Waals surface area contributed by atoms with Crippen LogP contribution >= 0.6 is 0 Å². The maximum Gasteiger partial charge on any atom is 0.410 e. The second kappa shape index (κ2) is 16.9. The monoisotopic (exact) mass is 820 g/mol. The van der Waals surface area contributed by atoms with Gasteiger partial charge < -0.3 is 28.8 Å². The van der Waals surface area contributed by atoms with E-state index in [0.717, 1.165) is 6.42 Å². The first-order chi connectivity index (χ1) is 26.7. The molecule has 0 radical (unpaired) electrons. The normalized spacial score (nSPS) is 14.8. The van der Waals surface area contributed by atoms with E-state index in [1.807, 2.05) is 20.8 Å². The van der Waals surface area contributed by atoms with Gasteiger partial charge in [-0.25, -0.2) is 23.9 Å². The fraction of sp³-hybridized carbons (Fsp3) is 0.535. The molecule has 1 N–H and O–H groups in total. The van der Waals surface area contributed by atoms with Crippen LogP contribution < -0.4 is 15.7 Å². The average molecular weight is 821 g/mol. The van der Waals surface area contributed by atoms with E-state index in [0.29, 0.717) is 57.1 Å². The smallest absolute Gasteiger partial charge is 0.410 e. The molecule has 0 bridgehead atoms. The Morgan fingerprint density at radius 3 is 2.28 bits per heavy atom. The Morgan fingerprint density at radius 1 is 1.09 bits per heavy atom. The van der Waals surface area contributed by atoms with Gasteiger partial charge in [-0.1, -0.05) is 53.5 Å². The second-order valence-electron chi connectivity index (χ2n) is 17.0. The predicted molar refractivity (Wildman–Crippen MR) is 228 cm³/mol. The molecule has 308 valence electrons. The molecule has 2 aromatic heterocycles. The molecule has 1 amide bonds. The molecule has 2 aromatic carbocycles. The number of rotatable bonds is 12. The zero-order valence-electron chi connectivity index (χ0n) is 35.6. The maximum atomic E-state index is 16.2. The minimum Gasteiger partial charge on any atom is -0.468 e. The van der Waals surface area contributed by atoms with E-state index in [1.54, 1.807) is 37.1 Å². The third-order valence-corrected chi connectivity index (χ3v) is 18.4. The first-order valence-corrected chi connectivity index (χ1v) is 23.3. The second-order valence-corrected chi connectivity index (χ2v) is 23.9. The van der Waals surface area contributed by atoms with Crippen molar-refractivity contribution in [3.63, 3.8) is 0 Å². The number of benzene rings is 2. The van der Waals surface area contributed by atoms with E-state index in [-0.39, 0.29) is 46.5 Å². The molecule has 0 aliphatic heterocycles. The van der Waals surface area contributed by atoms with Gasteiger partial charge >= 0.3 is 11.7 Å². The van der Waals surface area contributed by atoms with Crippen LogP contribution in [-0.4, -0.2) is 78.1 Å². The molecule has 0 spiro atoms. The van der Waals surface area contributed by atoms with Gasteiger partial charge in [-0.3, -0.25) is 4.21 Å². The molecule has 0 saturated heterocycles. The molecular formula is C43H57FN4O7SSi. The highest BCUT2D eigenvalue weighted by atomic mass is 32.2. The van der Waals surface area contributed by atoms with Crippen LogP contribution in [0.2, 0.25) is 16.6 Å². The highest BCUT2D eigenvalue weighted by molar-refractivity contribution is 7.84. The summed E-state index contributed by atoms with van der Waals surface area (Å²) in [7, 11) is -0.718. The number of ether oxygens (including phenoxy) is 3. The number of halogens is 1. The molecule has 5 rings (SSSR count). The van der Waals surface area contributed by atoms with E-state index in [4.69, 9.17) is 18.6 Å². The lowest BCUT2D eigenvalue weighted by molar-refractivity contribution is -0.0117. The fourth-order valence-electron chi connectivity index (χ4n) is 8.26. The number of carbonyl (C=O) groups is 1. The number of hydrogen-bond acceptors (Lipinski definition) is 10. The van der Waals surface area contributed by atoms with Crippen molar-refractivity contribution in [3.05, 3.63) is 51.6 Å². The van der Waals surface area contributed by atoms with Crippen LogP contribution in [-0.2, 0) is 20.3 Å². The molecule has 2 heterocycles. The number of hydrogen-bond donors (Lipinski definition) is 1. The van der Waals surface area contributed by atoms with Gasteiger partial charge in [0, 0.05) is 43.5 Å². The summed E-state index contributed by atoms with van der Waals surface area (Å²) in [5.41, 5.74) is 3.81. The first-order valence-electron chi connectivity index (χ1n) is 19.5. The van der Waals surface area contributed by atoms with Gasteiger partial charge in [0.05, 0.1) is 27.4 Å². The van der Waals surface area contributed by atoms with E-state index in [2.05, 4.69) is 68.3 Å². The Kier molecular flexibility index (Phi) is 13.0. The van der Waals surface area contributed by atoms with Gasteiger partial charge in [-0.05, 0) is 87.2 Å². The van der Waals surface area contributed by atoms with Gasteiger partial charge in [-0.2, -0.15) is 0 Å². The highest BCUT2D eigenvalue weighted by Gasteiger charge is 2.45. The summed E-state index contributed by atoms with van der Waals surface area (Å²) < 4.78 is 52.1. The maximum absolute atomic E-state index is 16.2. The van der Waals surface area contributed by atoms with Gasteiger partial charge in [0.25, 0.3) is 0 Å². The van der Waals surface area contributed by atoms with E-state index >= 15 is 4.39 Å². The van der Waals surface area contributed by atoms with E-state index < -0.39 is 47.5 Å². The van der Waals surface area contributed by atoms with Crippen LogP contribution in [0.4, 0.5) is 15.0 Å². The zero-order chi connectivity index (χ0) is 42.2. The first kappa shape index (κ1) is 43.8. The molecular weight excluding hydrogens is 764 g/mol. The minimum atomic E-state index is -2.29. The number of aryl methyl sites for hydroxylation is 1. The summed E-state index contributed by atoms with van der Waals surface area (Å²) in [4.78, 5) is 38.2. The van der Waals surface area contributed by atoms with Gasteiger partial charge in [0.1, 0.15) is 42.2 Å². The van der Waals surface area contributed by atoms with Crippen molar-refractivity contribution in [2.75, 3.05) is 39.1 Å². The molecule has 1 atom stereocenters. The number of aromatic nitrogens is 2. The molecule has 1 fully saturated rings. The molecule has 4 aromatic rings. The summed E-state index contributed by atoms with van der Waals surface area (Å²) >= 11 is 0. The molecule has 57 heavy (non-hydrogen) atoms. The molecule has 1 unspecified atom stereocenters. The third-order valence-electron chi connectivity index (χ3n) is 11.4. The fourth-order valence-corrected chi connectivity index (χ4v) is 13.9. The number of carbonyl (C=O) groups excluding carboxylic acids is 1. The van der Waals surface area contributed by atoms with Gasteiger partial charge in [0.15, 0.2) is 6.79 Å². The topological polar surface area (TPSA) is 133 Å². The summed E-state index contributed by atoms with van der Waals surface area (Å²) in [5, 5.41) is 4.44. The molecule has 14 heteroatoms. The summed E-state index contributed by atoms with van der Waals surface area (Å²) in [6, 6.07) is 6.51. The third kappa shape index (κ3) is 8.61. The lowest BCUT2D eigenvalue weighted by atomic mass is 9.75. The zero-order valence-corrected chi connectivity index (χ0v) is 37.4. The molecule has 1 aliphatic rings. The van der Waals surface area contributed by atoms with E-state index in [9.17, 15) is 13.8 Å². The number of nitrogens with one attached hydrogen (secondary N) is 1. The Morgan fingerprint density at radius 2 is 1.74 bits per heavy atom. The number of anilines is 1. The van der Waals surface area contributed by atoms with Crippen molar-refractivity contribution in [1.29, 1.82) is 0 Å². The van der Waals surface area contributed by atoms with Crippen LogP contribution in [0.15, 0.2) is 38.6 Å². The van der Waals surface area contributed by atoms with Gasteiger partial charge in [0.2, 0.25) is 5.16 Å². The van der Waals surface area contributed by atoms with Crippen molar-refractivity contribution >= 4 is 52.5 Å². The molecule has 11 nitrogen and oxygen atoms in total. The Hall–Kier alpha value is -4.32. The van der Waals surface area contributed by atoms with Crippen molar-refractivity contribution in [2.45, 2.75) is 121 Å². The summed E-state index contributed by atoms with van der Waals surface area (Å²) in [6.07, 6.45) is 3.31. The summed E-state index contributed by atoms with van der Waals surface area (Å²) in [5.74, 6) is 3.50. The van der Waals surface area contributed by atoms with Crippen LogP contribution in [0.25, 0.3) is 33.0 Å². The lowest BCUT2D eigenvalue weighted by Crippen LogP contribution is -2.59. The van der Waals surface area contributed by atoms with Crippen molar-refractivity contribution in [1.82, 2.24) is 14.9 Å². The molecule has 1 aliphatic carbocycles. The van der Waals surface area contributed by atoms with Crippen LogP contribution in [0.5, 0.6) is 5.75 Å². The van der Waals surface area contributed by atoms with Crippen molar-refractivity contribution in [3.8, 4) is 28.5 Å². The SMILES string of the molecule is COCOc1cc(-c2oc(=O)c3c(NCC4(N(C)C(=O)OC(C)(C)C)CCC4)nc(S(C)=O)nc3c2C)c2c(C#C[Si](C(C)C)(C(C)C)C(C)C)c(F)ccc2c1. The number of fused-ring (bicyclic) bond motifs is 2. The van der Waals surface area contributed by atoms with E-state index in [1.165, 1.54) is 19.4 Å². The number of nitrogens with zero attached hydrogens (tertiary/aromatic N) is 3. The standard InChI is InChI=1S/C43H57FN4O7SSi/c1-25(2)57(26(3)4,27(5)6)20-17-31-33(44)16-15-29-21-30(53-24-52-12)22-32(34(29)31)37-28(7)36-35(39(49)54-37)38(47-40(46-36)56(13)51)45-23-43(18-14-19-43)48(11)41(50)55-42(8,9)10/h15-16,21-22,25-27H,14,18-19,23-24H2,1-13H3,(H,45,46,47). The Balaban J connectivity index is 1.75. The highest BCUT2D eigenvalue weighted by Crippen LogP contribution is 2.43. The Labute approximate surface area is 338 Å². The minimum absolute atomic E-state index is 0.00444. The van der Waals surface area contributed by atoms with Crippen LogP contribution in [0, 0.1) is 24.2 Å². The predicted octanol–water partition coefficient (Wildman–Crippen LogP) is 9.34. The van der Waals surface area contributed by atoms with Gasteiger partial charge in [-0.15, -0.1) is 5.54 Å². The average Bonchev–Trinajstić information content (AvgIpc) is 3.10. The van der Waals surface area contributed by atoms with Crippen LogP contribution in [0.1, 0.15) is 92.7 Å². The number of likely N-dealkylation sites (N-methyl/N-ethyl adjacent to an activating group) is 1. The molecule has 1 saturated carbocycles. The number of amides is 1. The quantitative estimate of drug-likeness (QED) is 0.0638. The lowest BCUT2D eigenvalue weighted by Gasteiger charge is -2.48. The van der Waals surface area contributed by atoms with Crippen molar-refractivity contribution < 1.29 is 32.0 Å². The largest absolute Gasteiger partial charge is 0.468 e. The summed E-state index contributed by atoms with van der Waals surface area (Å²) in [6.45, 7) is 20.6. The number of methoxy groups -OCH3 is 1.